The Labute approximate surface area is 82.9 Å². The molecule has 58 valence electrons. The minimum Gasteiger partial charge on any atom is -0.343 e. The Morgan fingerprint density at radius 1 is 1.30 bits per heavy atom. The maximum atomic E-state index is 3.68. The maximum absolute atomic E-state index is 3.68. The molecule has 0 nitrogen and oxygen atoms in total. The first kappa shape index (κ1) is 17.0. The second-order valence-corrected chi connectivity index (χ2v) is 2.60. The smallest absolute Gasteiger partial charge is 0.343 e. The molecule has 0 N–H and O–H groups in total. The van der Waals surface area contributed by atoms with E-state index in [9.17, 15) is 0 Å². The summed E-state index contributed by atoms with van der Waals surface area (Å²) in [5.41, 5.74) is 0. The molecule has 0 aromatic rings. The molecule has 0 heterocycles. The summed E-state index contributed by atoms with van der Waals surface area (Å²) in [5, 5.41) is 0. The monoisotopic (exact) mass is 152 g/mol. The molecule has 0 aromatic heterocycles. The van der Waals surface area contributed by atoms with Crippen LogP contribution in [0.1, 0.15) is 40.0 Å². The van der Waals surface area contributed by atoms with Crippen LogP contribution in [0.2, 0.25) is 0 Å². The van der Waals surface area contributed by atoms with E-state index >= 15 is 0 Å². The molecule has 0 rings (SSSR count). The fourth-order valence-corrected chi connectivity index (χ4v) is 0.250. The van der Waals surface area contributed by atoms with Gasteiger partial charge in [0.25, 0.3) is 0 Å². The van der Waals surface area contributed by atoms with E-state index in [4.69, 9.17) is 0 Å². The van der Waals surface area contributed by atoms with Gasteiger partial charge in [0.1, 0.15) is 0 Å². The summed E-state index contributed by atoms with van der Waals surface area (Å²) in [5.74, 6) is 0.583. The van der Waals surface area contributed by atoms with E-state index in [2.05, 4.69) is 34.6 Å². The summed E-state index contributed by atoms with van der Waals surface area (Å²) in [4.78, 5) is 0. The van der Waals surface area contributed by atoms with Crippen LogP contribution < -0.4 is 0 Å². The van der Waals surface area contributed by atoms with Gasteiger partial charge in [0, 0.05) is 0 Å². The van der Waals surface area contributed by atoms with E-state index in [-0.39, 0.29) is 23.1 Å². The standard InChI is InChI=1S/C5H11.C4H9.Mg/c1-3-5-4-2;1-4(2)3;/h1,3-5H2,2H3;4H,1H2,2-3H3;/q2*-1;+2. The van der Waals surface area contributed by atoms with Crippen molar-refractivity contribution in [2.45, 2.75) is 40.0 Å². The van der Waals surface area contributed by atoms with Gasteiger partial charge >= 0.3 is 23.1 Å². The molecule has 1 heteroatoms. The molecule has 0 spiro atoms. The van der Waals surface area contributed by atoms with Gasteiger partial charge in [0.05, 0.1) is 0 Å². The number of rotatable bonds is 2. The molecule has 0 saturated heterocycles. The first-order valence-corrected chi connectivity index (χ1v) is 3.77. The second-order valence-electron chi connectivity index (χ2n) is 2.60. The predicted octanol–water partition coefficient (Wildman–Crippen LogP) is 3.11. The second kappa shape index (κ2) is 16.4. The van der Waals surface area contributed by atoms with Gasteiger partial charge in [-0.25, -0.2) is 0 Å². The van der Waals surface area contributed by atoms with Crippen LogP contribution in [0, 0.1) is 19.8 Å². The molecule has 10 heavy (non-hydrogen) atoms. The third-order valence-electron chi connectivity index (χ3n) is 0.604. The van der Waals surface area contributed by atoms with Crippen molar-refractivity contribution in [2.75, 3.05) is 0 Å². The van der Waals surface area contributed by atoms with Crippen LogP contribution >= 0.6 is 0 Å². The summed E-state index contributed by atoms with van der Waals surface area (Å²) in [6, 6.07) is 0. The molecule has 0 atom stereocenters. The molecular weight excluding hydrogens is 132 g/mol. The fraction of sp³-hybridized carbons (Fsp3) is 0.778. The van der Waals surface area contributed by atoms with E-state index in [0.29, 0.717) is 5.92 Å². The Balaban J connectivity index is -0.0000000910. The molecule has 0 aliphatic heterocycles. The first-order chi connectivity index (χ1) is 4.15. The summed E-state index contributed by atoms with van der Waals surface area (Å²) < 4.78 is 0. The fourth-order valence-electron chi connectivity index (χ4n) is 0.250. The summed E-state index contributed by atoms with van der Waals surface area (Å²) in [6.45, 7) is 13.6. The Kier molecular flexibility index (Phi) is 27.9. The Morgan fingerprint density at radius 2 is 1.60 bits per heavy atom. The number of hydrogen-bond acceptors (Lipinski definition) is 0. The van der Waals surface area contributed by atoms with Gasteiger partial charge in [-0.2, -0.15) is 12.3 Å². The quantitative estimate of drug-likeness (QED) is 0.421. The number of unbranched alkanes of at least 4 members (excludes halogenated alkanes) is 2. The zero-order valence-electron chi connectivity index (χ0n) is 7.82. The van der Waals surface area contributed by atoms with Crippen molar-refractivity contribution < 1.29 is 0 Å². The third kappa shape index (κ3) is 69.1. The van der Waals surface area contributed by atoms with Crippen LogP contribution in [0.5, 0.6) is 0 Å². The summed E-state index contributed by atoms with van der Waals surface area (Å²) >= 11 is 0. The molecule has 0 aliphatic rings. The Hall–Kier alpha value is 0.766. The van der Waals surface area contributed by atoms with Crippen LogP contribution in [0.15, 0.2) is 0 Å². The largest absolute Gasteiger partial charge is 2.00 e. The topological polar surface area (TPSA) is 0 Å². The zero-order valence-corrected chi connectivity index (χ0v) is 9.23. The van der Waals surface area contributed by atoms with Gasteiger partial charge < -0.3 is 13.8 Å². The molecule has 0 unspecified atom stereocenters. The predicted molar refractivity (Wildman–Crippen MR) is 50.8 cm³/mol. The van der Waals surface area contributed by atoms with Crippen molar-refractivity contribution >= 4 is 23.1 Å². The van der Waals surface area contributed by atoms with Crippen LogP contribution in [0.3, 0.4) is 0 Å². The van der Waals surface area contributed by atoms with Gasteiger partial charge in [0.15, 0.2) is 0 Å². The first-order valence-electron chi connectivity index (χ1n) is 3.77. The van der Waals surface area contributed by atoms with Gasteiger partial charge in [-0.05, 0) is 0 Å². The Morgan fingerprint density at radius 3 is 1.60 bits per heavy atom. The normalized spacial score (nSPS) is 7.80. The van der Waals surface area contributed by atoms with Crippen molar-refractivity contribution in [3.8, 4) is 0 Å². The van der Waals surface area contributed by atoms with Gasteiger partial charge in [-0.1, -0.05) is 33.6 Å². The zero-order chi connectivity index (χ0) is 7.70. The van der Waals surface area contributed by atoms with Gasteiger partial charge in [-0.3, -0.25) is 0 Å². The van der Waals surface area contributed by atoms with Crippen LogP contribution in [0.25, 0.3) is 0 Å². The SMILES string of the molecule is [CH2-]C(C)C.[CH2-]CCCC.[Mg+2]. The van der Waals surface area contributed by atoms with Crippen LogP contribution in [0.4, 0.5) is 0 Å². The molecule has 0 radical (unpaired) electrons. The van der Waals surface area contributed by atoms with Crippen molar-refractivity contribution in [3.05, 3.63) is 13.8 Å². The minimum absolute atomic E-state index is 0. The van der Waals surface area contributed by atoms with E-state index in [1.807, 2.05) is 0 Å². The maximum Gasteiger partial charge on any atom is 2.00 e. The molecule has 0 fully saturated rings. The van der Waals surface area contributed by atoms with E-state index in [0.717, 1.165) is 6.42 Å². The molecule has 0 saturated carbocycles. The molecule has 0 bridgehead atoms. The third-order valence-corrected chi connectivity index (χ3v) is 0.604. The minimum atomic E-state index is 0. The van der Waals surface area contributed by atoms with E-state index in [1.165, 1.54) is 12.8 Å². The van der Waals surface area contributed by atoms with Crippen LogP contribution in [-0.4, -0.2) is 23.1 Å². The average molecular weight is 153 g/mol. The molecule has 0 aromatic carbocycles. The summed E-state index contributed by atoms with van der Waals surface area (Å²) in [7, 11) is 0. The van der Waals surface area contributed by atoms with Gasteiger partial charge in [-0.15, -0.1) is 0 Å². The molecular formula is C9H20Mg. The van der Waals surface area contributed by atoms with Crippen molar-refractivity contribution in [3.63, 3.8) is 0 Å². The molecule has 0 aliphatic carbocycles. The average Bonchev–Trinajstić information content (AvgIpc) is 1.66. The van der Waals surface area contributed by atoms with E-state index < -0.39 is 0 Å². The van der Waals surface area contributed by atoms with E-state index in [1.54, 1.807) is 0 Å². The molecule has 0 amide bonds. The van der Waals surface area contributed by atoms with Gasteiger partial charge in [0.2, 0.25) is 0 Å². The van der Waals surface area contributed by atoms with Crippen LogP contribution in [-0.2, 0) is 0 Å². The van der Waals surface area contributed by atoms with Crippen molar-refractivity contribution in [2.24, 2.45) is 5.92 Å². The number of hydrogen-bond donors (Lipinski definition) is 0. The summed E-state index contributed by atoms with van der Waals surface area (Å²) in [6.07, 6.45) is 3.65. The Bertz CT molecular complexity index is 29.0. The van der Waals surface area contributed by atoms with Crippen molar-refractivity contribution in [1.82, 2.24) is 0 Å². The van der Waals surface area contributed by atoms with Crippen molar-refractivity contribution in [1.29, 1.82) is 0 Å².